The molecular formula is C17H20N4O2S. The van der Waals surface area contributed by atoms with Gasteiger partial charge in [0.15, 0.2) is 0 Å². The lowest BCUT2D eigenvalue weighted by atomic mass is 10.00. The number of hydrogen-bond donors (Lipinski definition) is 0. The quantitative estimate of drug-likeness (QED) is 0.850. The van der Waals surface area contributed by atoms with Gasteiger partial charge < -0.3 is 4.90 Å². The van der Waals surface area contributed by atoms with Crippen molar-refractivity contribution in [1.29, 1.82) is 0 Å². The fourth-order valence-corrected chi connectivity index (χ4v) is 4.05. The van der Waals surface area contributed by atoms with Crippen LogP contribution in [0.1, 0.15) is 44.8 Å². The first-order valence-electron chi connectivity index (χ1n) is 8.32. The maximum absolute atomic E-state index is 12.5. The van der Waals surface area contributed by atoms with Gasteiger partial charge in [-0.15, -0.1) is 11.3 Å². The van der Waals surface area contributed by atoms with Gasteiger partial charge in [0.2, 0.25) is 0 Å². The van der Waals surface area contributed by atoms with Crippen molar-refractivity contribution in [2.45, 2.75) is 39.2 Å². The predicted octanol–water partition coefficient (Wildman–Crippen LogP) is 1.97. The molecule has 126 valence electrons. The number of thiazole rings is 1. The summed E-state index contributed by atoms with van der Waals surface area (Å²) in [5.41, 5.74) is 1.77. The Labute approximate surface area is 144 Å². The van der Waals surface area contributed by atoms with Gasteiger partial charge in [-0.1, -0.05) is 0 Å². The van der Waals surface area contributed by atoms with Crippen LogP contribution >= 0.6 is 11.3 Å². The van der Waals surface area contributed by atoms with E-state index in [9.17, 15) is 9.59 Å². The summed E-state index contributed by atoms with van der Waals surface area (Å²) in [4.78, 5) is 31.4. The first kappa shape index (κ1) is 15.5. The molecule has 7 heteroatoms. The molecule has 0 N–H and O–H groups in total. The zero-order chi connectivity index (χ0) is 16.8. The second kappa shape index (κ2) is 5.81. The molecule has 2 fully saturated rings. The highest BCUT2D eigenvalue weighted by molar-refractivity contribution is 7.13. The maximum atomic E-state index is 12.5. The molecule has 1 saturated carbocycles. The molecule has 0 unspecified atom stereocenters. The van der Waals surface area contributed by atoms with Gasteiger partial charge >= 0.3 is 0 Å². The zero-order valence-corrected chi connectivity index (χ0v) is 14.7. The number of carbonyl (C=O) groups excluding carboxylic acids is 1. The highest BCUT2D eigenvalue weighted by atomic mass is 32.1. The van der Waals surface area contributed by atoms with E-state index in [2.05, 4.69) is 10.1 Å². The molecule has 1 aliphatic heterocycles. The smallest absolute Gasteiger partial charge is 0.266 e. The molecule has 2 aromatic rings. The Morgan fingerprint density at radius 1 is 1.29 bits per heavy atom. The number of aryl methyl sites for hydroxylation is 2. The van der Waals surface area contributed by atoms with Crippen LogP contribution in [0.15, 0.2) is 16.9 Å². The molecule has 1 saturated heterocycles. The average molecular weight is 344 g/mol. The van der Waals surface area contributed by atoms with Crippen LogP contribution in [0.3, 0.4) is 0 Å². The molecular weight excluding hydrogens is 324 g/mol. The number of rotatable bonds is 4. The lowest BCUT2D eigenvalue weighted by Gasteiger charge is -2.39. The first-order valence-corrected chi connectivity index (χ1v) is 9.14. The Hall–Kier alpha value is -2.02. The number of amides is 1. The molecule has 3 heterocycles. The third kappa shape index (κ3) is 2.88. The van der Waals surface area contributed by atoms with E-state index < -0.39 is 0 Å². The Morgan fingerprint density at radius 3 is 2.67 bits per heavy atom. The van der Waals surface area contributed by atoms with Gasteiger partial charge in [0.1, 0.15) is 4.88 Å². The summed E-state index contributed by atoms with van der Waals surface area (Å²) in [5.74, 6) is 0.887. The molecule has 0 spiro atoms. The van der Waals surface area contributed by atoms with Crippen LogP contribution in [0.2, 0.25) is 0 Å². The van der Waals surface area contributed by atoms with Gasteiger partial charge in [-0.25, -0.2) is 9.67 Å². The van der Waals surface area contributed by atoms with Gasteiger partial charge in [-0.3, -0.25) is 9.59 Å². The van der Waals surface area contributed by atoms with Gasteiger partial charge in [-0.05, 0) is 32.8 Å². The molecule has 0 atom stereocenters. The monoisotopic (exact) mass is 344 g/mol. The van der Waals surface area contributed by atoms with Crippen molar-refractivity contribution in [3.05, 3.63) is 43.8 Å². The van der Waals surface area contributed by atoms with Crippen molar-refractivity contribution in [2.75, 3.05) is 13.1 Å². The lowest BCUT2D eigenvalue weighted by Crippen LogP contribution is -2.52. The summed E-state index contributed by atoms with van der Waals surface area (Å²) in [6.07, 6.45) is 2.34. The Balaban J connectivity index is 1.39. The van der Waals surface area contributed by atoms with Crippen LogP contribution < -0.4 is 5.56 Å². The highest BCUT2D eigenvalue weighted by Gasteiger charge is 2.33. The van der Waals surface area contributed by atoms with Gasteiger partial charge in [0.05, 0.1) is 22.9 Å². The SMILES string of the molecule is Cc1nc(C)c(C(=O)N2CC(Cn3nc(C4CC4)ccc3=O)C2)s1. The molecule has 0 aromatic carbocycles. The summed E-state index contributed by atoms with van der Waals surface area (Å²) >= 11 is 1.45. The Bertz CT molecular complexity index is 847. The Kier molecular flexibility index (Phi) is 3.75. The van der Waals surface area contributed by atoms with Crippen LogP contribution in [0, 0.1) is 19.8 Å². The molecule has 24 heavy (non-hydrogen) atoms. The van der Waals surface area contributed by atoms with E-state index in [4.69, 9.17) is 0 Å². The molecule has 6 nitrogen and oxygen atoms in total. The lowest BCUT2D eigenvalue weighted by molar-refractivity contribution is 0.0462. The van der Waals surface area contributed by atoms with Crippen molar-refractivity contribution >= 4 is 17.2 Å². The third-order valence-electron chi connectivity index (χ3n) is 4.66. The van der Waals surface area contributed by atoms with Crippen molar-refractivity contribution in [3.8, 4) is 0 Å². The second-order valence-electron chi connectivity index (χ2n) is 6.78. The third-order valence-corrected chi connectivity index (χ3v) is 5.72. The number of likely N-dealkylation sites (tertiary alicyclic amines) is 1. The Morgan fingerprint density at radius 2 is 2.04 bits per heavy atom. The van der Waals surface area contributed by atoms with Gasteiger partial charge in [0, 0.05) is 31.0 Å². The van der Waals surface area contributed by atoms with E-state index in [0.717, 1.165) is 21.3 Å². The highest BCUT2D eigenvalue weighted by Crippen LogP contribution is 2.38. The van der Waals surface area contributed by atoms with Gasteiger partial charge in [0.25, 0.3) is 11.5 Å². The standard InChI is InChI=1S/C17H20N4O2S/c1-10-16(24-11(2)18-10)17(23)20-7-12(8-20)9-21-15(22)6-5-14(19-21)13-3-4-13/h5-6,12-13H,3-4,7-9H2,1-2H3. The molecule has 2 aliphatic rings. The minimum atomic E-state index is -0.0573. The van der Waals surface area contributed by atoms with E-state index >= 15 is 0 Å². The molecule has 0 radical (unpaired) electrons. The summed E-state index contributed by atoms with van der Waals surface area (Å²) < 4.78 is 1.57. The van der Waals surface area contributed by atoms with Crippen molar-refractivity contribution in [3.63, 3.8) is 0 Å². The average Bonchev–Trinajstić information content (AvgIpc) is 3.28. The topological polar surface area (TPSA) is 68.1 Å². The van der Waals surface area contributed by atoms with E-state index in [1.54, 1.807) is 10.7 Å². The minimum Gasteiger partial charge on any atom is -0.337 e. The first-order chi connectivity index (χ1) is 11.5. The van der Waals surface area contributed by atoms with E-state index in [-0.39, 0.29) is 11.5 Å². The molecule has 2 aromatic heterocycles. The van der Waals surface area contributed by atoms with E-state index in [1.165, 1.54) is 24.2 Å². The fraction of sp³-hybridized carbons (Fsp3) is 0.529. The van der Waals surface area contributed by atoms with E-state index in [1.807, 2.05) is 24.8 Å². The van der Waals surface area contributed by atoms with Crippen molar-refractivity contribution in [2.24, 2.45) is 5.92 Å². The summed E-state index contributed by atoms with van der Waals surface area (Å²) in [6, 6.07) is 3.47. The van der Waals surface area contributed by atoms with E-state index in [0.29, 0.717) is 31.5 Å². The summed E-state index contributed by atoms with van der Waals surface area (Å²) in [5, 5.41) is 5.41. The zero-order valence-electron chi connectivity index (χ0n) is 13.9. The van der Waals surface area contributed by atoms with Crippen LogP contribution in [0.25, 0.3) is 0 Å². The number of carbonyl (C=O) groups is 1. The van der Waals surface area contributed by atoms with Crippen LogP contribution in [0.4, 0.5) is 0 Å². The minimum absolute atomic E-state index is 0.0568. The summed E-state index contributed by atoms with van der Waals surface area (Å²) in [7, 11) is 0. The number of nitrogens with zero attached hydrogens (tertiary/aromatic N) is 4. The maximum Gasteiger partial charge on any atom is 0.266 e. The van der Waals surface area contributed by atoms with Gasteiger partial charge in [-0.2, -0.15) is 5.10 Å². The van der Waals surface area contributed by atoms with Crippen LogP contribution in [0.5, 0.6) is 0 Å². The molecule has 4 rings (SSSR count). The van der Waals surface area contributed by atoms with Crippen LogP contribution in [-0.2, 0) is 6.54 Å². The summed E-state index contributed by atoms with van der Waals surface area (Å²) in [6.45, 7) is 5.73. The largest absolute Gasteiger partial charge is 0.337 e. The molecule has 1 amide bonds. The predicted molar refractivity (Wildman–Crippen MR) is 91.5 cm³/mol. The van der Waals surface area contributed by atoms with Crippen molar-refractivity contribution in [1.82, 2.24) is 19.7 Å². The fourth-order valence-electron chi connectivity index (χ4n) is 3.16. The number of aromatic nitrogens is 3. The number of hydrogen-bond acceptors (Lipinski definition) is 5. The normalized spacial score (nSPS) is 17.8. The van der Waals surface area contributed by atoms with Crippen molar-refractivity contribution < 1.29 is 4.79 Å². The molecule has 0 bridgehead atoms. The molecule has 1 aliphatic carbocycles. The van der Waals surface area contributed by atoms with Crippen LogP contribution in [-0.4, -0.2) is 38.7 Å². The second-order valence-corrected chi connectivity index (χ2v) is 7.98.